The van der Waals surface area contributed by atoms with Crippen LogP contribution in [0.15, 0.2) is 29.2 Å². The normalized spacial score (nSPS) is 11.7. The zero-order valence-corrected chi connectivity index (χ0v) is 11.7. The molecule has 19 heavy (non-hydrogen) atoms. The van der Waals surface area contributed by atoms with Gasteiger partial charge >= 0.3 is 0 Å². The van der Waals surface area contributed by atoms with E-state index in [0.717, 1.165) is 0 Å². The summed E-state index contributed by atoms with van der Waals surface area (Å²) in [5, 5.41) is 11.4. The summed E-state index contributed by atoms with van der Waals surface area (Å²) < 4.78 is 26.3. The number of carbonyl (C=O) groups is 1. The number of amides is 1. The molecule has 0 fully saturated rings. The van der Waals surface area contributed by atoms with Crippen LogP contribution in [-0.4, -0.2) is 19.9 Å². The van der Waals surface area contributed by atoms with E-state index >= 15 is 0 Å². The zero-order valence-electron chi connectivity index (χ0n) is 10.9. The first kappa shape index (κ1) is 15.1. The van der Waals surface area contributed by atoms with Gasteiger partial charge < -0.3 is 5.32 Å². The Balaban J connectivity index is 2.98. The molecule has 6 nitrogen and oxygen atoms in total. The Hall–Kier alpha value is -1.91. The van der Waals surface area contributed by atoms with Crippen LogP contribution in [0, 0.1) is 11.3 Å². The minimum absolute atomic E-state index is 0.0323. The van der Waals surface area contributed by atoms with E-state index in [4.69, 9.17) is 5.26 Å². The molecule has 0 atom stereocenters. The van der Waals surface area contributed by atoms with Crippen LogP contribution in [0.4, 0.5) is 5.69 Å². The molecule has 0 saturated carbocycles. The number of hydrogen-bond donors (Lipinski definition) is 2. The lowest BCUT2D eigenvalue weighted by Gasteiger charge is -2.17. The third kappa shape index (κ3) is 4.35. The molecular formula is C12H15N3O3S. The molecule has 0 bridgehead atoms. The van der Waals surface area contributed by atoms with Crippen LogP contribution >= 0.6 is 0 Å². The average Bonchev–Trinajstić information content (AvgIpc) is 2.27. The molecule has 0 saturated heterocycles. The number of carbonyl (C=O) groups excluding carboxylic acids is 1. The first-order valence-corrected chi connectivity index (χ1v) is 6.97. The maximum atomic E-state index is 12.0. The highest BCUT2D eigenvalue weighted by atomic mass is 32.2. The summed E-state index contributed by atoms with van der Waals surface area (Å²) in [5.41, 5.74) is -0.680. The minimum Gasteiger partial charge on any atom is -0.326 e. The highest BCUT2D eigenvalue weighted by Crippen LogP contribution is 2.16. The van der Waals surface area contributed by atoms with Crippen molar-refractivity contribution < 1.29 is 13.2 Å². The second kappa shape index (κ2) is 5.38. The highest BCUT2D eigenvalue weighted by molar-refractivity contribution is 7.89. The third-order valence-corrected chi connectivity index (χ3v) is 3.83. The minimum atomic E-state index is -3.76. The summed E-state index contributed by atoms with van der Waals surface area (Å²) in [4.78, 5) is 10.9. The van der Waals surface area contributed by atoms with Gasteiger partial charge in [0.05, 0.1) is 11.0 Å². The maximum absolute atomic E-state index is 12.0. The van der Waals surface area contributed by atoms with Crippen molar-refractivity contribution >= 4 is 21.6 Å². The summed E-state index contributed by atoms with van der Waals surface area (Å²) in [5.74, 6) is -0.237. The van der Waals surface area contributed by atoms with Crippen LogP contribution in [-0.2, 0) is 14.8 Å². The summed E-state index contributed by atoms with van der Waals surface area (Å²) in [7, 11) is -3.76. The fourth-order valence-corrected chi connectivity index (χ4v) is 2.67. The summed E-state index contributed by atoms with van der Waals surface area (Å²) in [6.07, 6.45) is 0. The zero-order chi connectivity index (χ0) is 14.7. The predicted octanol–water partition coefficient (Wildman–Crippen LogP) is 1.23. The fraction of sp³-hybridized carbons (Fsp3) is 0.333. The molecule has 1 aromatic carbocycles. The van der Waals surface area contributed by atoms with Crippen molar-refractivity contribution in [2.75, 3.05) is 5.32 Å². The van der Waals surface area contributed by atoms with Gasteiger partial charge in [-0.3, -0.25) is 4.79 Å². The Morgan fingerprint density at radius 2 is 1.79 bits per heavy atom. The van der Waals surface area contributed by atoms with Gasteiger partial charge in [-0.25, -0.2) is 8.42 Å². The van der Waals surface area contributed by atoms with Crippen molar-refractivity contribution in [2.24, 2.45) is 0 Å². The van der Waals surface area contributed by atoms with Gasteiger partial charge in [0.25, 0.3) is 0 Å². The van der Waals surface area contributed by atoms with Crippen molar-refractivity contribution in [1.29, 1.82) is 5.26 Å². The number of sulfonamides is 1. The average molecular weight is 281 g/mol. The van der Waals surface area contributed by atoms with Crippen molar-refractivity contribution in [3.8, 4) is 6.07 Å². The van der Waals surface area contributed by atoms with E-state index in [2.05, 4.69) is 10.0 Å². The molecule has 1 aromatic rings. The predicted molar refractivity (Wildman–Crippen MR) is 70.8 cm³/mol. The Kier molecular flexibility index (Phi) is 4.29. The number of hydrogen-bond acceptors (Lipinski definition) is 4. The van der Waals surface area contributed by atoms with Crippen LogP contribution in [0.3, 0.4) is 0 Å². The standard InChI is InChI=1S/C12H15N3O3S/c1-9(16)14-10-4-6-11(7-5-10)19(17,18)15-12(2,3)8-13/h4-7,15H,1-3H3,(H,14,16). The Morgan fingerprint density at radius 1 is 1.26 bits per heavy atom. The van der Waals surface area contributed by atoms with Crippen LogP contribution < -0.4 is 10.0 Å². The van der Waals surface area contributed by atoms with Crippen LogP contribution in [0.5, 0.6) is 0 Å². The molecule has 7 heteroatoms. The molecule has 0 aliphatic rings. The lowest BCUT2D eigenvalue weighted by Crippen LogP contribution is -2.41. The number of rotatable bonds is 4. The quantitative estimate of drug-likeness (QED) is 0.866. The van der Waals surface area contributed by atoms with Gasteiger partial charge in [-0.1, -0.05) is 0 Å². The molecule has 1 rings (SSSR count). The van der Waals surface area contributed by atoms with Gasteiger partial charge in [-0.15, -0.1) is 0 Å². The van der Waals surface area contributed by atoms with Crippen molar-refractivity contribution in [2.45, 2.75) is 31.2 Å². The topological polar surface area (TPSA) is 99.1 Å². The molecule has 102 valence electrons. The SMILES string of the molecule is CC(=O)Nc1ccc(S(=O)(=O)NC(C)(C)C#N)cc1. The molecular weight excluding hydrogens is 266 g/mol. The highest BCUT2D eigenvalue weighted by Gasteiger charge is 2.25. The van der Waals surface area contributed by atoms with E-state index in [1.165, 1.54) is 45.0 Å². The largest absolute Gasteiger partial charge is 0.326 e. The lowest BCUT2D eigenvalue weighted by molar-refractivity contribution is -0.114. The van der Waals surface area contributed by atoms with Crippen molar-refractivity contribution in [3.05, 3.63) is 24.3 Å². The molecule has 0 aromatic heterocycles. The lowest BCUT2D eigenvalue weighted by atomic mass is 10.1. The number of benzene rings is 1. The molecule has 0 heterocycles. The van der Waals surface area contributed by atoms with Crippen LogP contribution in [0.1, 0.15) is 20.8 Å². The number of nitrogens with one attached hydrogen (secondary N) is 2. The maximum Gasteiger partial charge on any atom is 0.241 e. The number of anilines is 1. The van der Waals surface area contributed by atoms with Gasteiger partial charge in [-0.05, 0) is 38.1 Å². The molecule has 0 unspecified atom stereocenters. The van der Waals surface area contributed by atoms with Gasteiger partial charge in [0.2, 0.25) is 15.9 Å². The number of nitrogens with zero attached hydrogens (tertiary/aromatic N) is 1. The van der Waals surface area contributed by atoms with E-state index < -0.39 is 15.6 Å². The van der Waals surface area contributed by atoms with Crippen LogP contribution in [0.25, 0.3) is 0 Å². The summed E-state index contributed by atoms with van der Waals surface area (Å²) in [6, 6.07) is 7.54. The smallest absolute Gasteiger partial charge is 0.241 e. The van der Waals surface area contributed by atoms with E-state index in [1.807, 2.05) is 6.07 Å². The molecule has 0 aliphatic carbocycles. The van der Waals surface area contributed by atoms with E-state index in [9.17, 15) is 13.2 Å². The molecule has 0 radical (unpaired) electrons. The third-order valence-electron chi connectivity index (χ3n) is 2.15. The first-order chi connectivity index (χ1) is 8.66. The fourth-order valence-electron chi connectivity index (χ4n) is 1.34. The first-order valence-electron chi connectivity index (χ1n) is 5.49. The Bertz CT molecular complexity index is 613. The second-order valence-electron chi connectivity index (χ2n) is 4.55. The molecule has 1 amide bonds. The van der Waals surface area contributed by atoms with Crippen LogP contribution in [0.2, 0.25) is 0 Å². The van der Waals surface area contributed by atoms with Gasteiger partial charge in [0.1, 0.15) is 5.54 Å². The van der Waals surface area contributed by atoms with Gasteiger partial charge in [0.15, 0.2) is 0 Å². The molecule has 0 spiro atoms. The second-order valence-corrected chi connectivity index (χ2v) is 6.23. The van der Waals surface area contributed by atoms with Crippen molar-refractivity contribution in [1.82, 2.24) is 4.72 Å². The summed E-state index contributed by atoms with van der Waals surface area (Å²) >= 11 is 0. The van der Waals surface area contributed by atoms with Crippen molar-refractivity contribution in [3.63, 3.8) is 0 Å². The van der Waals surface area contributed by atoms with E-state index in [0.29, 0.717) is 5.69 Å². The molecule has 0 aliphatic heterocycles. The summed E-state index contributed by atoms with van der Waals surface area (Å²) in [6.45, 7) is 4.30. The Morgan fingerprint density at radius 3 is 2.21 bits per heavy atom. The molecule has 2 N–H and O–H groups in total. The van der Waals surface area contributed by atoms with E-state index in [1.54, 1.807) is 0 Å². The van der Waals surface area contributed by atoms with Gasteiger partial charge in [0, 0.05) is 12.6 Å². The Labute approximate surface area is 112 Å². The van der Waals surface area contributed by atoms with E-state index in [-0.39, 0.29) is 10.8 Å². The number of nitriles is 1. The van der Waals surface area contributed by atoms with Gasteiger partial charge in [-0.2, -0.15) is 9.98 Å². The monoisotopic (exact) mass is 281 g/mol.